The Kier molecular flexibility index (Phi) is 2.40. The van der Waals surface area contributed by atoms with Gasteiger partial charge in [-0.3, -0.25) is 0 Å². The molecule has 5 N–H and O–H groups in total. The second-order valence-corrected chi connectivity index (χ2v) is 2.39. The molecule has 0 aromatic carbocycles. The monoisotopic (exact) mass is 118 g/mol. The van der Waals surface area contributed by atoms with Crippen LogP contribution in [0.2, 0.25) is 0 Å². The highest BCUT2D eigenvalue weighted by Gasteiger charge is 2.21. The molecule has 0 fully saturated rings. The topological polar surface area (TPSA) is 72.3 Å². The van der Waals surface area contributed by atoms with Crippen LogP contribution in [0.1, 0.15) is 13.8 Å². The summed E-state index contributed by atoms with van der Waals surface area (Å²) in [6.07, 6.45) is -0.535. The van der Waals surface area contributed by atoms with E-state index in [-0.39, 0.29) is 0 Å². The molecule has 0 aliphatic rings. The third-order valence-corrected chi connectivity index (χ3v) is 1.39. The molecule has 0 aromatic rings. The minimum Gasteiger partial charge on any atom is -0.391 e. The number of hydrogen-bond acceptors (Lipinski definition) is 3. The summed E-state index contributed by atoms with van der Waals surface area (Å²) in [6, 6.07) is 0. The minimum absolute atomic E-state index is 0.310. The molecule has 50 valence electrons. The van der Waals surface area contributed by atoms with Gasteiger partial charge in [-0.2, -0.15) is 0 Å². The van der Waals surface area contributed by atoms with Crippen LogP contribution < -0.4 is 11.5 Å². The molecule has 0 radical (unpaired) electrons. The Morgan fingerprint density at radius 1 is 1.75 bits per heavy atom. The predicted molar refractivity (Wildman–Crippen MR) is 33.3 cm³/mol. The van der Waals surface area contributed by atoms with Gasteiger partial charge in [0.25, 0.3) is 0 Å². The third-order valence-electron chi connectivity index (χ3n) is 1.39. The molecule has 3 nitrogen and oxygen atoms in total. The molecular weight excluding hydrogens is 104 g/mol. The molecule has 0 bridgehead atoms. The third kappa shape index (κ3) is 1.78. The Morgan fingerprint density at radius 3 is 2.12 bits per heavy atom. The maximum Gasteiger partial charge on any atom is 0.0701 e. The molecule has 0 aliphatic carbocycles. The zero-order chi connectivity index (χ0) is 6.78. The SMILES string of the molecule is CC(O)C(C)(N)CN. The highest BCUT2D eigenvalue weighted by atomic mass is 16.3. The van der Waals surface area contributed by atoms with Crippen molar-refractivity contribution >= 4 is 0 Å². The first-order chi connectivity index (χ1) is 3.50. The van der Waals surface area contributed by atoms with Crippen molar-refractivity contribution < 1.29 is 5.11 Å². The average molecular weight is 118 g/mol. The lowest BCUT2D eigenvalue weighted by Crippen LogP contribution is -2.52. The Morgan fingerprint density at radius 2 is 2.12 bits per heavy atom. The standard InChI is InChI=1S/C5H14N2O/c1-4(8)5(2,7)3-6/h4,8H,3,6-7H2,1-2H3. The molecule has 0 amide bonds. The van der Waals surface area contributed by atoms with Gasteiger partial charge in [0.05, 0.1) is 11.6 Å². The first kappa shape index (κ1) is 7.88. The van der Waals surface area contributed by atoms with Gasteiger partial charge in [0.1, 0.15) is 0 Å². The summed E-state index contributed by atoms with van der Waals surface area (Å²) in [6.45, 7) is 3.66. The molecule has 3 heteroatoms. The second-order valence-electron chi connectivity index (χ2n) is 2.39. The lowest BCUT2D eigenvalue weighted by Gasteiger charge is -2.25. The molecule has 0 aromatic heterocycles. The zero-order valence-electron chi connectivity index (χ0n) is 5.39. The van der Waals surface area contributed by atoms with Crippen molar-refractivity contribution in [2.75, 3.05) is 6.54 Å². The number of rotatable bonds is 2. The smallest absolute Gasteiger partial charge is 0.0701 e. The van der Waals surface area contributed by atoms with Crippen molar-refractivity contribution in [2.24, 2.45) is 11.5 Å². The summed E-state index contributed by atoms with van der Waals surface area (Å²) >= 11 is 0. The van der Waals surface area contributed by atoms with Gasteiger partial charge in [-0.05, 0) is 13.8 Å². The van der Waals surface area contributed by atoms with E-state index in [2.05, 4.69) is 0 Å². The molecule has 0 saturated carbocycles. The fourth-order valence-corrected chi connectivity index (χ4v) is 0.171. The summed E-state index contributed by atoms with van der Waals surface area (Å²) in [7, 11) is 0. The van der Waals surface area contributed by atoms with Gasteiger partial charge in [-0.15, -0.1) is 0 Å². The van der Waals surface area contributed by atoms with E-state index in [1.54, 1.807) is 13.8 Å². The van der Waals surface area contributed by atoms with Crippen LogP contribution in [-0.2, 0) is 0 Å². The highest BCUT2D eigenvalue weighted by Crippen LogP contribution is 2.01. The van der Waals surface area contributed by atoms with Crippen LogP contribution >= 0.6 is 0 Å². The van der Waals surface area contributed by atoms with Gasteiger partial charge < -0.3 is 16.6 Å². The Bertz CT molecular complexity index is 70.8. The first-order valence-corrected chi connectivity index (χ1v) is 2.67. The fourth-order valence-electron chi connectivity index (χ4n) is 0.171. The minimum atomic E-state index is -0.625. The number of aliphatic hydroxyl groups excluding tert-OH is 1. The molecule has 0 aliphatic heterocycles. The molecule has 0 rings (SSSR count). The van der Waals surface area contributed by atoms with Gasteiger partial charge in [0, 0.05) is 6.54 Å². The van der Waals surface area contributed by atoms with E-state index in [0.717, 1.165) is 0 Å². The quantitative estimate of drug-likeness (QED) is 0.437. The van der Waals surface area contributed by atoms with Crippen LogP contribution in [0.5, 0.6) is 0 Å². The van der Waals surface area contributed by atoms with Crippen LogP contribution in [0.15, 0.2) is 0 Å². The summed E-state index contributed by atoms with van der Waals surface area (Å²) in [5, 5.41) is 8.88. The van der Waals surface area contributed by atoms with Gasteiger partial charge in [0.15, 0.2) is 0 Å². The first-order valence-electron chi connectivity index (χ1n) is 2.67. The summed E-state index contributed by atoms with van der Waals surface area (Å²) < 4.78 is 0. The van der Waals surface area contributed by atoms with E-state index >= 15 is 0 Å². The fraction of sp³-hybridized carbons (Fsp3) is 1.00. The highest BCUT2D eigenvalue weighted by molar-refractivity contribution is 4.84. The number of aliphatic hydroxyl groups is 1. The molecule has 0 spiro atoms. The normalized spacial score (nSPS) is 22.1. The van der Waals surface area contributed by atoms with Crippen molar-refractivity contribution in [1.29, 1.82) is 0 Å². The van der Waals surface area contributed by atoms with E-state index in [1.807, 2.05) is 0 Å². The zero-order valence-corrected chi connectivity index (χ0v) is 5.39. The van der Waals surface area contributed by atoms with Gasteiger partial charge in [0.2, 0.25) is 0 Å². The molecule has 0 heterocycles. The van der Waals surface area contributed by atoms with Crippen LogP contribution in [0, 0.1) is 0 Å². The van der Waals surface area contributed by atoms with Crippen LogP contribution in [0.25, 0.3) is 0 Å². The molecular formula is C5H14N2O. The Hall–Kier alpha value is -0.120. The molecule has 2 unspecified atom stereocenters. The average Bonchev–Trinajstić information content (AvgIpc) is 1.67. The van der Waals surface area contributed by atoms with Crippen molar-refractivity contribution in [3.8, 4) is 0 Å². The summed E-state index contributed by atoms with van der Waals surface area (Å²) in [4.78, 5) is 0. The largest absolute Gasteiger partial charge is 0.391 e. The summed E-state index contributed by atoms with van der Waals surface area (Å²) in [5.74, 6) is 0. The van der Waals surface area contributed by atoms with Gasteiger partial charge in [-0.25, -0.2) is 0 Å². The van der Waals surface area contributed by atoms with Crippen molar-refractivity contribution in [3.63, 3.8) is 0 Å². The lowest BCUT2D eigenvalue weighted by atomic mass is 9.98. The van der Waals surface area contributed by atoms with Crippen LogP contribution in [-0.4, -0.2) is 23.3 Å². The Balaban J connectivity index is 3.71. The van der Waals surface area contributed by atoms with Gasteiger partial charge >= 0.3 is 0 Å². The number of hydrogen-bond donors (Lipinski definition) is 3. The molecule has 8 heavy (non-hydrogen) atoms. The van der Waals surface area contributed by atoms with Crippen LogP contribution in [0.3, 0.4) is 0 Å². The molecule has 0 saturated heterocycles. The lowest BCUT2D eigenvalue weighted by molar-refractivity contribution is 0.116. The number of nitrogens with two attached hydrogens (primary N) is 2. The maximum atomic E-state index is 8.88. The van der Waals surface area contributed by atoms with Crippen molar-refractivity contribution in [3.05, 3.63) is 0 Å². The van der Waals surface area contributed by atoms with Crippen LogP contribution in [0.4, 0.5) is 0 Å². The van der Waals surface area contributed by atoms with E-state index in [0.29, 0.717) is 6.54 Å². The van der Waals surface area contributed by atoms with E-state index in [4.69, 9.17) is 16.6 Å². The predicted octanol–water partition coefficient (Wildman–Crippen LogP) is -0.957. The van der Waals surface area contributed by atoms with Crippen molar-refractivity contribution in [2.45, 2.75) is 25.5 Å². The maximum absolute atomic E-state index is 8.88. The molecule has 2 atom stereocenters. The van der Waals surface area contributed by atoms with E-state index in [1.165, 1.54) is 0 Å². The van der Waals surface area contributed by atoms with Crippen molar-refractivity contribution in [1.82, 2.24) is 0 Å². The van der Waals surface area contributed by atoms with E-state index < -0.39 is 11.6 Å². The summed E-state index contributed by atoms with van der Waals surface area (Å²) in [5.41, 5.74) is 10.1. The van der Waals surface area contributed by atoms with Gasteiger partial charge in [-0.1, -0.05) is 0 Å². The second kappa shape index (κ2) is 2.44. The Labute approximate surface area is 49.7 Å². The van der Waals surface area contributed by atoms with E-state index in [9.17, 15) is 0 Å².